The van der Waals surface area contributed by atoms with Gasteiger partial charge in [0.25, 0.3) is 0 Å². The zero-order valence-electron chi connectivity index (χ0n) is 11.1. The molecular formula is C14H22N2O. The first-order valence-electron chi connectivity index (χ1n) is 6.10. The Balaban J connectivity index is 0.000000686. The number of fused-ring (bicyclic) bond motifs is 1. The van der Waals surface area contributed by atoms with E-state index < -0.39 is 0 Å². The Labute approximate surface area is 103 Å². The van der Waals surface area contributed by atoms with Crippen LogP contribution in [0.5, 0.6) is 5.75 Å². The Morgan fingerprint density at radius 2 is 1.94 bits per heavy atom. The van der Waals surface area contributed by atoms with Gasteiger partial charge in [-0.2, -0.15) is 0 Å². The molecule has 2 rings (SSSR count). The van der Waals surface area contributed by atoms with Crippen molar-refractivity contribution in [2.45, 2.75) is 20.3 Å². The maximum absolute atomic E-state index is 9.43. The third-order valence-electron chi connectivity index (χ3n) is 2.58. The van der Waals surface area contributed by atoms with E-state index in [2.05, 4.69) is 24.0 Å². The molecule has 0 amide bonds. The maximum atomic E-state index is 9.43. The number of phenolic OH excluding ortho intramolecular Hbond substituents is 1. The van der Waals surface area contributed by atoms with E-state index in [9.17, 15) is 5.11 Å². The average molecular weight is 234 g/mol. The molecule has 0 atom stereocenters. The number of likely N-dealkylation sites (N-methyl/N-ethyl adjacent to an activating group) is 1. The Hall–Kier alpha value is -1.48. The molecule has 0 aliphatic heterocycles. The van der Waals surface area contributed by atoms with Gasteiger partial charge in [0.05, 0.1) is 0 Å². The molecule has 0 fully saturated rings. The van der Waals surface area contributed by atoms with Crippen LogP contribution in [-0.4, -0.2) is 35.6 Å². The molecule has 94 valence electrons. The molecule has 0 aliphatic carbocycles. The summed E-state index contributed by atoms with van der Waals surface area (Å²) < 4.78 is 0. The molecule has 0 radical (unpaired) electrons. The summed E-state index contributed by atoms with van der Waals surface area (Å²) in [5.41, 5.74) is 2.34. The number of rotatable bonds is 3. The summed E-state index contributed by atoms with van der Waals surface area (Å²) in [5, 5.41) is 10.5. The molecule has 1 heterocycles. The third-order valence-corrected chi connectivity index (χ3v) is 2.58. The van der Waals surface area contributed by atoms with E-state index in [4.69, 9.17) is 0 Å². The molecule has 0 spiro atoms. The standard InChI is InChI=1S/C12H16N2O.C2H6/c1-14(2)6-5-9-8-13-12-4-3-10(15)7-11(9)12;1-2/h3-4,7-8,13,15H,5-6H2,1-2H3;1-2H3. The van der Waals surface area contributed by atoms with Gasteiger partial charge in [-0.3, -0.25) is 0 Å². The first kappa shape index (κ1) is 13.6. The molecule has 0 saturated heterocycles. The van der Waals surface area contributed by atoms with Crippen LogP contribution < -0.4 is 0 Å². The van der Waals surface area contributed by atoms with Gasteiger partial charge in [-0.05, 0) is 44.3 Å². The van der Waals surface area contributed by atoms with Crippen LogP contribution >= 0.6 is 0 Å². The highest BCUT2D eigenvalue weighted by molar-refractivity contribution is 5.84. The van der Waals surface area contributed by atoms with Crippen molar-refractivity contribution in [2.75, 3.05) is 20.6 Å². The molecule has 1 aromatic heterocycles. The van der Waals surface area contributed by atoms with Gasteiger partial charge in [-0.1, -0.05) is 13.8 Å². The largest absolute Gasteiger partial charge is 0.508 e. The van der Waals surface area contributed by atoms with Crippen LogP contribution in [0.3, 0.4) is 0 Å². The van der Waals surface area contributed by atoms with E-state index in [1.165, 1.54) is 5.56 Å². The molecular weight excluding hydrogens is 212 g/mol. The summed E-state index contributed by atoms with van der Waals surface area (Å²) in [7, 11) is 4.12. The SMILES string of the molecule is CC.CN(C)CCc1c[nH]c2ccc(O)cc12. The monoisotopic (exact) mass is 234 g/mol. The highest BCUT2D eigenvalue weighted by atomic mass is 16.3. The van der Waals surface area contributed by atoms with Crippen molar-refractivity contribution in [1.82, 2.24) is 9.88 Å². The van der Waals surface area contributed by atoms with Crippen LogP contribution in [0.2, 0.25) is 0 Å². The Bertz CT molecular complexity index is 460. The number of hydrogen-bond acceptors (Lipinski definition) is 2. The van der Waals surface area contributed by atoms with Crippen molar-refractivity contribution in [3.05, 3.63) is 30.0 Å². The zero-order chi connectivity index (χ0) is 12.8. The number of benzene rings is 1. The molecule has 17 heavy (non-hydrogen) atoms. The van der Waals surface area contributed by atoms with Gasteiger partial charge < -0.3 is 15.0 Å². The first-order chi connectivity index (χ1) is 8.16. The van der Waals surface area contributed by atoms with Crippen LogP contribution in [-0.2, 0) is 6.42 Å². The second kappa shape index (κ2) is 6.30. The normalized spacial score (nSPS) is 10.4. The number of hydrogen-bond donors (Lipinski definition) is 2. The van der Waals surface area contributed by atoms with Crippen LogP contribution in [0.4, 0.5) is 0 Å². The summed E-state index contributed by atoms with van der Waals surface area (Å²) in [4.78, 5) is 5.36. The molecule has 0 aliphatic rings. The van der Waals surface area contributed by atoms with Crippen LogP contribution in [0, 0.1) is 0 Å². The molecule has 0 saturated carbocycles. The Morgan fingerprint density at radius 1 is 1.24 bits per heavy atom. The summed E-state index contributed by atoms with van der Waals surface area (Å²) in [6, 6.07) is 5.43. The highest BCUT2D eigenvalue weighted by Crippen LogP contribution is 2.23. The van der Waals surface area contributed by atoms with Gasteiger partial charge in [0.15, 0.2) is 0 Å². The number of nitrogens with zero attached hydrogens (tertiary/aromatic N) is 1. The smallest absolute Gasteiger partial charge is 0.116 e. The molecule has 2 aromatic rings. The lowest BCUT2D eigenvalue weighted by molar-refractivity contribution is 0.414. The summed E-state index contributed by atoms with van der Waals surface area (Å²) >= 11 is 0. The zero-order valence-corrected chi connectivity index (χ0v) is 11.1. The summed E-state index contributed by atoms with van der Waals surface area (Å²) in [6.45, 7) is 5.02. The minimum atomic E-state index is 0.327. The van der Waals surface area contributed by atoms with Gasteiger partial charge >= 0.3 is 0 Å². The quantitative estimate of drug-likeness (QED) is 0.857. The van der Waals surface area contributed by atoms with Crippen molar-refractivity contribution < 1.29 is 5.11 Å². The van der Waals surface area contributed by atoms with Crippen molar-refractivity contribution >= 4 is 10.9 Å². The fraction of sp³-hybridized carbons (Fsp3) is 0.429. The fourth-order valence-electron chi connectivity index (χ4n) is 1.72. The molecule has 0 bridgehead atoms. The lowest BCUT2D eigenvalue weighted by Gasteiger charge is -2.08. The molecule has 2 N–H and O–H groups in total. The average Bonchev–Trinajstić information content (AvgIpc) is 2.71. The van der Waals surface area contributed by atoms with Gasteiger partial charge in [0.1, 0.15) is 5.75 Å². The van der Waals surface area contributed by atoms with Crippen molar-refractivity contribution in [3.63, 3.8) is 0 Å². The number of aromatic amines is 1. The van der Waals surface area contributed by atoms with Gasteiger partial charge in [0.2, 0.25) is 0 Å². The lowest BCUT2D eigenvalue weighted by Crippen LogP contribution is -2.14. The van der Waals surface area contributed by atoms with E-state index >= 15 is 0 Å². The predicted molar refractivity (Wildman–Crippen MR) is 73.6 cm³/mol. The Kier molecular flexibility index (Phi) is 5.04. The second-order valence-electron chi connectivity index (χ2n) is 4.10. The minimum absolute atomic E-state index is 0.327. The molecule has 0 unspecified atom stereocenters. The van der Waals surface area contributed by atoms with Crippen LogP contribution in [0.1, 0.15) is 19.4 Å². The first-order valence-corrected chi connectivity index (χ1v) is 6.10. The third kappa shape index (κ3) is 3.49. The number of nitrogens with one attached hydrogen (secondary N) is 1. The maximum Gasteiger partial charge on any atom is 0.116 e. The fourth-order valence-corrected chi connectivity index (χ4v) is 1.72. The van der Waals surface area contributed by atoms with Crippen molar-refractivity contribution in [1.29, 1.82) is 0 Å². The molecule has 3 heteroatoms. The van der Waals surface area contributed by atoms with Crippen LogP contribution in [0.25, 0.3) is 10.9 Å². The van der Waals surface area contributed by atoms with E-state index in [1.807, 2.05) is 32.2 Å². The molecule has 1 aromatic carbocycles. The molecule has 3 nitrogen and oxygen atoms in total. The van der Waals surface area contributed by atoms with Crippen molar-refractivity contribution in [2.24, 2.45) is 0 Å². The van der Waals surface area contributed by atoms with Gasteiger partial charge in [-0.15, -0.1) is 0 Å². The van der Waals surface area contributed by atoms with E-state index in [0.29, 0.717) is 5.75 Å². The number of phenols is 1. The van der Waals surface area contributed by atoms with E-state index in [1.54, 1.807) is 6.07 Å². The lowest BCUT2D eigenvalue weighted by atomic mass is 10.1. The van der Waals surface area contributed by atoms with E-state index in [0.717, 1.165) is 23.9 Å². The van der Waals surface area contributed by atoms with E-state index in [-0.39, 0.29) is 0 Å². The predicted octanol–water partition coefficient (Wildman–Crippen LogP) is 3.00. The van der Waals surface area contributed by atoms with Gasteiger partial charge in [0, 0.05) is 23.6 Å². The minimum Gasteiger partial charge on any atom is -0.508 e. The summed E-state index contributed by atoms with van der Waals surface area (Å²) in [6.07, 6.45) is 3.02. The number of H-pyrrole nitrogens is 1. The highest BCUT2D eigenvalue weighted by Gasteiger charge is 2.04. The van der Waals surface area contributed by atoms with Crippen molar-refractivity contribution in [3.8, 4) is 5.75 Å². The second-order valence-corrected chi connectivity index (χ2v) is 4.10. The number of aromatic nitrogens is 1. The van der Waals surface area contributed by atoms with Gasteiger partial charge in [-0.25, -0.2) is 0 Å². The topological polar surface area (TPSA) is 39.3 Å². The Morgan fingerprint density at radius 3 is 2.59 bits per heavy atom. The summed E-state index contributed by atoms with van der Waals surface area (Å²) in [5.74, 6) is 0.327. The van der Waals surface area contributed by atoms with Crippen LogP contribution in [0.15, 0.2) is 24.4 Å². The number of aromatic hydroxyl groups is 1.